The van der Waals surface area contributed by atoms with Crippen LogP contribution in [0.4, 0.5) is 11.5 Å². The molecule has 0 spiro atoms. The zero-order valence-corrected chi connectivity index (χ0v) is 20.3. The van der Waals surface area contributed by atoms with Crippen LogP contribution in [0.25, 0.3) is 10.9 Å². The number of fused-ring (bicyclic) bond motifs is 1. The zero-order chi connectivity index (χ0) is 23.4. The fourth-order valence-corrected chi connectivity index (χ4v) is 4.84. The van der Waals surface area contributed by atoms with E-state index in [1.807, 2.05) is 42.5 Å². The van der Waals surface area contributed by atoms with Gasteiger partial charge >= 0.3 is 0 Å². The SMILES string of the molecule is NC(=Nc1c(N)[nH]c2ccccc12)SCC(=O)NCC1CCN(Cc2ccc(Cl)c(Cl)c2)C1. The Bertz CT molecular complexity index is 1180. The van der Waals surface area contributed by atoms with Crippen LogP contribution in [-0.4, -0.2) is 46.3 Å². The predicted octanol–water partition coefficient (Wildman–Crippen LogP) is 4.37. The first-order valence-electron chi connectivity index (χ1n) is 10.6. The number of rotatable bonds is 7. The molecule has 1 fully saturated rings. The molecule has 1 atom stereocenters. The van der Waals surface area contributed by atoms with Crippen molar-refractivity contribution in [3.8, 4) is 0 Å². The van der Waals surface area contributed by atoms with Gasteiger partial charge in [0.15, 0.2) is 5.17 Å². The Kier molecular flexibility index (Phi) is 7.70. The van der Waals surface area contributed by atoms with E-state index in [0.29, 0.717) is 39.2 Å². The van der Waals surface area contributed by atoms with Gasteiger partial charge in [0, 0.05) is 30.5 Å². The van der Waals surface area contributed by atoms with Crippen LogP contribution in [0, 0.1) is 5.92 Å². The molecule has 2 aromatic carbocycles. The number of H-pyrrole nitrogens is 1. The Balaban J connectivity index is 1.21. The van der Waals surface area contributed by atoms with E-state index in [0.717, 1.165) is 42.5 Å². The van der Waals surface area contributed by atoms with E-state index in [9.17, 15) is 4.79 Å². The number of anilines is 1. The maximum Gasteiger partial charge on any atom is 0.230 e. The van der Waals surface area contributed by atoms with Crippen LogP contribution in [0.1, 0.15) is 12.0 Å². The number of aromatic nitrogens is 1. The van der Waals surface area contributed by atoms with E-state index in [1.165, 1.54) is 11.8 Å². The number of carbonyl (C=O) groups excluding carboxylic acids is 1. The largest absolute Gasteiger partial charge is 0.383 e. The average molecular weight is 505 g/mol. The van der Waals surface area contributed by atoms with E-state index in [2.05, 4.69) is 20.2 Å². The van der Waals surface area contributed by atoms with Crippen molar-refractivity contribution in [3.63, 3.8) is 0 Å². The maximum atomic E-state index is 12.3. The minimum Gasteiger partial charge on any atom is -0.383 e. The highest BCUT2D eigenvalue weighted by Crippen LogP contribution is 2.32. The number of nitrogens with one attached hydrogen (secondary N) is 2. The Morgan fingerprint density at radius 2 is 2.06 bits per heavy atom. The van der Waals surface area contributed by atoms with Crippen molar-refractivity contribution >= 4 is 68.4 Å². The number of thioether (sulfide) groups is 1. The number of benzene rings is 2. The molecule has 1 aliphatic heterocycles. The van der Waals surface area contributed by atoms with Crippen molar-refractivity contribution < 1.29 is 4.79 Å². The number of hydrogen-bond acceptors (Lipinski definition) is 5. The Hall–Kier alpha value is -2.39. The number of para-hydroxylation sites is 1. The van der Waals surface area contributed by atoms with E-state index in [1.54, 1.807) is 0 Å². The summed E-state index contributed by atoms with van der Waals surface area (Å²) < 4.78 is 0. The lowest BCUT2D eigenvalue weighted by molar-refractivity contribution is -0.118. The molecular weight excluding hydrogens is 479 g/mol. The van der Waals surface area contributed by atoms with Gasteiger partial charge < -0.3 is 21.8 Å². The molecule has 0 bridgehead atoms. The minimum atomic E-state index is -0.0621. The average Bonchev–Trinajstić information content (AvgIpc) is 3.37. The molecule has 0 radical (unpaired) electrons. The van der Waals surface area contributed by atoms with Crippen LogP contribution in [0.5, 0.6) is 0 Å². The lowest BCUT2D eigenvalue weighted by Gasteiger charge is -2.17. The molecule has 1 unspecified atom stereocenters. The molecule has 0 aliphatic carbocycles. The van der Waals surface area contributed by atoms with Gasteiger partial charge in [-0.15, -0.1) is 0 Å². The Morgan fingerprint density at radius 3 is 2.88 bits per heavy atom. The zero-order valence-electron chi connectivity index (χ0n) is 18.0. The summed E-state index contributed by atoms with van der Waals surface area (Å²) in [5.41, 5.74) is 14.7. The van der Waals surface area contributed by atoms with Gasteiger partial charge in [0.2, 0.25) is 5.91 Å². The number of halogens is 2. The number of amidine groups is 1. The summed E-state index contributed by atoms with van der Waals surface area (Å²) >= 11 is 13.3. The third kappa shape index (κ3) is 6.14. The third-order valence-electron chi connectivity index (χ3n) is 5.63. The van der Waals surface area contributed by atoms with Crippen LogP contribution in [0.15, 0.2) is 47.5 Å². The highest BCUT2D eigenvalue weighted by atomic mass is 35.5. The van der Waals surface area contributed by atoms with E-state index in [-0.39, 0.29) is 11.7 Å². The van der Waals surface area contributed by atoms with Crippen molar-refractivity contribution in [1.29, 1.82) is 0 Å². The van der Waals surface area contributed by atoms with Gasteiger partial charge in [-0.25, -0.2) is 4.99 Å². The van der Waals surface area contributed by atoms with E-state index < -0.39 is 0 Å². The Labute approximate surface area is 206 Å². The number of aliphatic imine (C=N–C) groups is 1. The number of hydrogen-bond donors (Lipinski definition) is 4. The lowest BCUT2D eigenvalue weighted by Crippen LogP contribution is -2.32. The molecule has 1 amide bonds. The first kappa shape index (κ1) is 23.8. The molecule has 1 saturated heterocycles. The van der Waals surface area contributed by atoms with Crippen molar-refractivity contribution in [1.82, 2.24) is 15.2 Å². The molecule has 4 rings (SSSR count). The summed E-state index contributed by atoms with van der Waals surface area (Å²) in [6.07, 6.45) is 1.04. The van der Waals surface area contributed by atoms with Gasteiger partial charge in [-0.2, -0.15) is 0 Å². The van der Waals surface area contributed by atoms with Gasteiger partial charge in [0.05, 0.1) is 15.8 Å². The second-order valence-corrected chi connectivity index (χ2v) is 9.92. The summed E-state index contributed by atoms with van der Waals surface area (Å²) in [5, 5.41) is 5.35. The summed E-state index contributed by atoms with van der Waals surface area (Å²) in [6, 6.07) is 13.4. The number of nitrogens with two attached hydrogens (primary N) is 2. The van der Waals surface area contributed by atoms with Crippen molar-refractivity contribution in [3.05, 3.63) is 58.1 Å². The Morgan fingerprint density at radius 1 is 1.24 bits per heavy atom. The van der Waals surface area contributed by atoms with Gasteiger partial charge in [-0.05, 0) is 42.6 Å². The topological polar surface area (TPSA) is 113 Å². The van der Waals surface area contributed by atoms with E-state index in [4.69, 9.17) is 34.7 Å². The summed E-state index contributed by atoms with van der Waals surface area (Å²) in [5.74, 6) is 1.01. The third-order valence-corrected chi connectivity index (χ3v) is 7.16. The molecule has 1 aromatic heterocycles. The molecule has 3 aromatic rings. The number of amides is 1. The van der Waals surface area contributed by atoms with Crippen LogP contribution in [-0.2, 0) is 11.3 Å². The van der Waals surface area contributed by atoms with Crippen molar-refractivity contribution in [2.45, 2.75) is 13.0 Å². The van der Waals surface area contributed by atoms with Gasteiger partial charge in [-0.1, -0.05) is 59.2 Å². The summed E-state index contributed by atoms with van der Waals surface area (Å²) in [7, 11) is 0. The van der Waals surface area contributed by atoms with Gasteiger partial charge in [-0.3, -0.25) is 9.69 Å². The monoisotopic (exact) mass is 504 g/mol. The predicted molar refractivity (Wildman–Crippen MR) is 139 cm³/mol. The molecule has 174 valence electrons. The van der Waals surface area contributed by atoms with Crippen molar-refractivity contribution in [2.75, 3.05) is 31.1 Å². The van der Waals surface area contributed by atoms with Crippen LogP contribution >= 0.6 is 35.0 Å². The molecule has 1 aliphatic rings. The quantitative estimate of drug-likeness (QED) is 0.281. The molecule has 33 heavy (non-hydrogen) atoms. The molecule has 2 heterocycles. The second kappa shape index (κ2) is 10.7. The molecule has 7 nitrogen and oxygen atoms in total. The first-order chi connectivity index (χ1) is 15.9. The van der Waals surface area contributed by atoms with Gasteiger partial charge in [0.25, 0.3) is 0 Å². The molecule has 6 N–H and O–H groups in total. The lowest BCUT2D eigenvalue weighted by atomic mass is 10.1. The number of nitrogens with zero attached hydrogens (tertiary/aromatic N) is 2. The summed E-state index contributed by atoms with van der Waals surface area (Å²) in [6.45, 7) is 3.38. The van der Waals surface area contributed by atoms with Crippen LogP contribution in [0.2, 0.25) is 10.0 Å². The smallest absolute Gasteiger partial charge is 0.230 e. The van der Waals surface area contributed by atoms with Crippen LogP contribution < -0.4 is 16.8 Å². The molecule has 0 saturated carbocycles. The molecule has 10 heteroatoms. The normalized spacial score (nSPS) is 17.0. The van der Waals surface area contributed by atoms with E-state index >= 15 is 0 Å². The second-order valence-electron chi connectivity index (χ2n) is 8.11. The summed E-state index contributed by atoms with van der Waals surface area (Å²) in [4.78, 5) is 22.2. The van der Waals surface area contributed by atoms with Gasteiger partial charge in [0.1, 0.15) is 11.5 Å². The molecular formula is C23H26Cl2N6OS. The number of aromatic amines is 1. The number of carbonyl (C=O) groups is 1. The minimum absolute atomic E-state index is 0.0621. The fourth-order valence-electron chi connectivity index (χ4n) is 3.98. The van der Waals surface area contributed by atoms with Crippen LogP contribution in [0.3, 0.4) is 0 Å². The fraction of sp³-hybridized carbons (Fsp3) is 0.304. The number of likely N-dealkylation sites (tertiary alicyclic amines) is 1. The maximum absolute atomic E-state index is 12.3. The first-order valence-corrected chi connectivity index (χ1v) is 12.4. The standard InChI is InChI=1S/C23H26Cl2N6OS/c24-17-6-5-14(9-18(17)25)11-31-8-7-15(12-31)10-28-20(32)13-33-23(27)30-21-16-3-1-2-4-19(16)29-22(21)26/h1-6,9,15,29H,7-8,10-13,26H2,(H2,27,30)(H,28,32). The van der Waals surface area contributed by atoms with Crippen molar-refractivity contribution in [2.24, 2.45) is 16.6 Å². The highest BCUT2D eigenvalue weighted by Gasteiger charge is 2.23. The number of nitrogen functional groups attached to an aromatic ring is 1. The highest BCUT2D eigenvalue weighted by molar-refractivity contribution is 8.14.